The fourth-order valence-corrected chi connectivity index (χ4v) is 3.10. The molecule has 1 aliphatic rings. The van der Waals surface area contributed by atoms with Crippen LogP contribution in [-0.4, -0.2) is 53.0 Å². The number of hydrogen-bond donors (Lipinski definition) is 1. The zero-order valence-electron chi connectivity index (χ0n) is 15.4. The molecule has 23 heavy (non-hydrogen) atoms. The first-order chi connectivity index (χ1) is 11.1. The number of fused-ring (bicyclic) bond motifs is 2. The van der Waals surface area contributed by atoms with E-state index in [1.54, 1.807) is 0 Å². The van der Waals surface area contributed by atoms with Gasteiger partial charge < -0.3 is 5.32 Å². The SMILES string of the molecule is CC(C)N1CCCNCCCN(C(C)C)Cc2cccc(n2)C1. The molecule has 2 rings (SSSR count). The van der Waals surface area contributed by atoms with Crippen LogP contribution in [0.3, 0.4) is 0 Å². The minimum Gasteiger partial charge on any atom is -0.317 e. The average molecular weight is 319 g/mol. The Labute approximate surface area is 142 Å². The Hall–Kier alpha value is -0.970. The highest BCUT2D eigenvalue weighted by molar-refractivity contribution is 5.11. The molecule has 1 aliphatic heterocycles. The third-order valence-electron chi connectivity index (χ3n) is 4.65. The summed E-state index contributed by atoms with van der Waals surface area (Å²) in [4.78, 5) is 9.98. The van der Waals surface area contributed by atoms with Crippen LogP contribution in [0.4, 0.5) is 0 Å². The monoisotopic (exact) mass is 318 g/mol. The Morgan fingerprint density at radius 1 is 0.870 bits per heavy atom. The summed E-state index contributed by atoms with van der Waals surface area (Å²) >= 11 is 0. The van der Waals surface area contributed by atoms with Crippen molar-refractivity contribution in [3.63, 3.8) is 0 Å². The predicted octanol–water partition coefficient (Wildman–Crippen LogP) is 2.89. The standard InChI is InChI=1S/C19H34N4/c1-16(2)22-12-6-10-20-11-7-13-23(17(3)4)15-19-9-5-8-18(14-22)21-19/h5,8-9,16-17,20H,6-7,10-15H2,1-4H3. The van der Waals surface area contributed by atoms with E-state index >= 15 is 0 Å². The second-order valence-electron chi connectivity index (χ2n) is 7.21. The number of aromatic nitrogens is 1. The minimum absolute atomic E-state index is 0.556. The molecule has 0 amide bonds. The lowest BCUT2D eigenvalue weighted by Crippen LogP contribution is -2.36. The molecule has 4 heteroatoms. The van der Waals surface area contributed by atoms with Crippen LogP contribution >= 0.6 is 0 Å². The van der Waals surface area contributed by atoms with Crippen LogP contribution in [0.5, 0.6) is 0 Å². The highest BCUT2D eigenvalue weighted by atomic mass is 15.2. The fraction of sp³-hybridized carbons (Fsp3) is 0.737. The number of rotatable bonds is 2. The second kappa shape index (κ2) is 9.36. The van der Waals surface area contributed by atoms with Gasteiger partial charge in [0.05, 0.1) is 11.4 Å². The summed E-state index contributed by atoms with van der Waals surface area (Å²) in [6, 6.07) is 7.62. The first-order valence-corrected chi connectivity index (χ1v) is 9.20. The Balaban J connectivity index is 2.15. The van der Waals surface area contributed by atoms with Gasteiger partial charge in [0, 0.05) is 38.3 Å². The molecule has 130 valence electrons. The van der Waals surface area contributed by atoms with Gasteiger partial charge >= 0.3 is 0 Å². The van der Waals surface area contributed by atoms with Gasteiger partial charge in [-0.15, -0.1) is 0 Å². The van der Waals surface area contributed by atoms with Crippen molar-refractivity contribution in [3.05, 3.63) is 29.6 Å². The quantitative estimate of drug-likeness (QED) is 0.908. The van der Waals surface area contributed by atoms with Gasteiger partial charge in [0.2, 0.25) is 0 Å². The smallest absolute Gasteiger partial charge is 0.0547 e. The molecule has 1 aromatic heterocycles. The van der Waals surface area contributed by atoms with Crippen molar-refractivity contribution in [2.45, 2.75) is 65.7 Å². The molecule has 1 N–H and O–H groups in total. The van der Waals surface area contributed by atoms with Crippen LogP contribution < -0.4 is 5.32 Å². The van der Waals surface area contributed by atoms with E-state index in [0.29, 0.717) is 12.1 Å². The Morgan fingerprint density at radius 3 is 1.78 bits per heavy atom. The Bertz CT molecular complexity index is 421. The van der Waals surface area contributed by atoms with E-state index in [1.807, 2.05) is 0 Å². The molecule has 0 fully saturated rings. The lowest BCUT2D eigenvalue weighted by molar-refractivity contribution is 0.197. The van der Waals surface area contributed by atoms with Crippen molar-refractivity contribution in [1.82, 2.24) is 20.1 Å². The van der Waals surface area contributed by atoms with Gasteiger partial charge in [-0.2, -0.15) is 0 Å². The molecule has 0 atom stereocenters. The zero-order chi connectivity index (χ0) is 16.7. The van der Waals surface area contributed by atoms with E-state index in [0.717, 1.165) is 39.3 Å². The third-order valence-corrected chi connectivity index (χ3v) is 4.65. The molecule has 0 spiro atoms. The highest BCUT2D eigenvalue weighted by Crippen LogP contribution is 2.11. The first kappa shape index (κ1) is 18.4. The van der Waals surface area contributed by atoms with Gasteiger partial charge in [-0.3, -0.25) is 14.8 Å². The maximum atomic E-state index is 4.93. The third kappa shape index (κ3) is 6.21. The van der Waals surface area contributed by atoms with Crippen LogP contribution in [0, 0.1) is 0 Å². The first-order valence-electron chi connectivity index (χ1n) is 9.20. The summed E-state index contributed by atoms with van der Waals surface area (Å²) in [5.74, 6) is 0. The van der Waals surface area contributed by atoms with Gasteiger partial charge in [-0.05, 0) is 65.8 Å². The molecule has 4 nitrogen and oxygen atoms in total. The Morgan fingerprint density at radius 2 is 1.35 bits per heavy atom. The normalized spacial score (nSPS) is 19.9. The van der Waals surface area contributed by atoms with Crippen LogP contribution in [0.2, 0.25) is 0 Å². The van der Waals surface area contributed by atoms with Crippen molar-refractivity contribution in [2.24, 2.45) is 0 Å². The summed E-state index contributed by atoms with van der Waals surface area (Å²) in [5, 5.41) is 3.60. The largest absolute Gasteiger partial charge is 0.317 e. The molecule has 0 radical (unpaired) electrons. The molecule has 2 bridgehead atoms. The van der Waals surface area contributed by atoms with Crippen LogP contribution in [0.15, 0.2) is 18.2 Å². The molecule has 0 aromatic carbocycles. The van der Waals surface area contributed by atoms with Gasteiger partial charge in [0.25, 0.3) is 0 Å². The predicted molar refractivity (Wildman–Crippen MR) is 97.4 cm³/mol. The summed E-state index contributed by atoms with van der Waals surface area (Å²) < 4.78 is 0. The summed E-state index contributed by atoms with van der Waals surface area (Å²) in [7, 11) is 0. The molecule has 0 aliphatic carbocycles. The lowest BCUT2D eigenvalue weighted by Gasteiger charge is -2.28. The van der Waals surface area contributed by atoms with E-state index in [9.17, 15) is 0 Å². The van der Waals surface area contributed by atoms with Gasteiger partial charge in [-0.1, -0.05) is 6.07 Å². The average Bonchev–Trinajstić information content (AvgIpc) is 2.51. The second-order valence-corrected chi connectivity index (χ2v) is 7.21. The molecular weight excluding hydrogens is 284 g/mol. The number of hydrogen-bond acceptors (Lipinski definition) is 4. The summed E-state index contributed by atoms with van der Waals surface area (Å²) in [6.45, 7) is 15.5. The Kier molecular flexibility index (Phi) is 7.47. The molecule has 0 unspecified atom stereocenters. The molecule has 2 heterocycles. The van der Waals surface area contributed by atoms with Gasteiger partial charge in [-0.25, -0.2) is 0 Å². The molecule has 1 aromatic rings. The summed E-state index contributed by atoms with van der Waals surface area (Å²) in [5.41, 5.74) is 2.40. The van der Waals surface area contributed by atoms with E-state index in [2.05, 4.69) is 61.0 Å². The summed E-state index contributed by atoms with van der Waals surface area (Å²) in [6.07, 6.45) is 2.40. The molecular formula is C19H34N4. The highest BCUT2D eigenvalue weighted by Gasteiger charge is 2.14. The van der Waals surface area contributed by atoms with Crippen molar-refractivity contribution >= 4 is 0 Å². The van der Waals surface area contributed by atoms with Crippen LogP contribution in [-0.2, 0) is 13.1 Å². The van der Waals surface area contributed by atoms with Crippen molar-refractivity contribution in [2.75, 3.05) is 26.2 Å². The fourth-order valence-electron chi connectivity index (χ4n) is 3.10. The van der Waals surface area contributed by atoms with E-state index in [-0.39, 0.29) is 0 Å². The van der Waals surface area contributed by atoms with Gasteiger partial charge in [0.15, 0.2) is 0 Å². The van der Waals surface area contributed by atoms with Gasteiger partial charge in [0.1, 0.15) is 0 Å². The van der Waals surface area contributed by atoms with Crippen molar-refractivity contribution < 1.29 is 0 Å². The number of nitrogens with zero attached hydrogens (tertiary/aromatic N) is 3. The van der Waals surface area contributed by atoms with Crippen molar-refractivity contribution in [3.8, 4) is 0 Å². The lowest BCUT2D eigenvalue weighted by atomic mass is 10.2. The van der Waals surface area contributed by atoms with E-state index in [1.165, 1.54) is 24.2 Å². The maximum Gasteiger partial charge on any atom is 0.0547 e. The zero-order valence-corrected chi connectivity index (χ0v) is 15.4. The van der Waals surface area contributed by atoms with E-state index in [4.69, 9.17) is 4.98 Å². The molecule has 0 saturated carbocycles. The number of nitrogens with one attached hydrogen (secondary N) is 1. The minimum atomic E-state index is 0.556. The van der Waals surface area contributed by atoms with E-state index < -0.39 is 0 Å². The van der Waals surface area contributed by atoms with Crippen LogP contribution in [0.25, 0.3) is 0 Å². The number of pyridine rings is 1. The molecule has 0 saturated heterocycles. The van der Waals surface area contributed by atoms with Crippen molar-refractivity contribution in [1.29, 1.82) is 0 Å². The maximum absolute atomic E-state index is 4.93. The topological polar surface area (TPSA) is 31.4 Å². The van der Waals surface area contributed by atoms with Crippen LogP contribution in [0.1, 0.15) is 51.9 Å².